The van der Waals surface area contributed by atoms with Crippen LogP contribution in [0.25, 0.3) is 16.6 Å². The molecule has 0 radical (unpaired) electrons. The minimum Gasteiger partial charge on any atom is -0.492 e. The standard InChI is InChI=1S/C23H25N3O3/c1-4-29-20-12-8-7-11-19(20)26-21(15(2)25(3)22(27)16-13-14-16)24-18-10-6-5-9-17(18)23(26)28/h5-12,15-16H,4,13-14H2,1-3H3. The Hall–Kier alpha value is -3.15. The van der Waals surface area contributed by atoms with Crippen LogP contribution in [0.15, 0.2) is 53.3 Å². The summed E-state index contributed by atoms with van der Waals surface area (Å²) in [6.07, 6.45) is 1.86. The van der Waals surface area contributed by atoms with E-state index in [4.69, 9.17) is 9.72 Å². The molecule has 0 N–H and O–H groups in total. The van der Waals surface area contributed by atoms with E-state index in [0.717, 1.165) is 12.8 Å². The molecule has 1 atom stereocenters. The Morgan fingerprint density at radius 1 is 1.21 bits per heavy atom. The van der Waals surface area contributed by atoms with Gasteiger partial charge in [0.05, 0.1) is 29.2 Å². The summed E-state index contributed by atoms with van der Waals surface area (Å²) in [4.78, 5) is 32.7. The number of nitrogens with zero attached hydrogens (tertiary/aromatic N) is 3. The molecule has 0 spiro atoms. The van der Waals surface area contributed by atoms with Crippen LogP contribution in [0.3, 0.4) is 0 Å². The van der Waals surface area contributed by atoms with E-state index in [-0.39, 0.29) is 23.4 Å². The summed E-state index contributed by atoms with van der Waals surface area (Å²) in [5.74, 6) is 1.33. The van der Waals surface area contributed by atoms with Gasteiger partial charge < -0.3 is 9.64 Å². The summed E-state index contributed by atoms with van der Waals surface area (Å²) in [6, 6.07) is 14.4. The molecule has 4 rings (SSSR count). The van der Waals surface area contributed by atoms with E-state index in [2.05, 4.69) is 0 Å². The first-order valence-electron chi connectivity index (χ1n) is 10.0. The van der Waals surface area contributed by atoms with E-state index in [1.807, 2.05) is 56.3 Å². The smallest absolute Gasteiger partial charge is 0.266 e. The molecular formula is C23H25N3O3. The fourth-order valence-corrected chi connectivity index (χ4v) is 3.56. The number of para-hydroxylation sites is 3. The van der Waals surface area contributed by atoms with E-state index in [1.54, 1.807) is 22.6 Å². The second-order valence-corrected chi connectivity index (χ2v) is 7.43. The molecule has 29 heavy (non-hydrogen) atoms. The summed E-state index contributed by atoms with van der Waals surface area (Å²) in [5.41, 5.74) is 1.08. The van der Waals surface area contributed by atoms with Crippen molar-refractivity contribution in [2.45, 2.75) is 32.7 Å². The average Bonchev–Trinajstić information content (AvgIpc) is 3.58. The normalized spacial score (nSPS) is 14.6. The van der Waals surface area contributed by atoms with Crippen molar-refractivity contribution < 1.29 is 9.53 Å². The molecule has 0 saturated heterocycles. The number of aromatic nitrogens is 2. The molecule has 150 valence electrons. The summed E-state index contributed by atoms with van der Waals surface area (Å²) >= 11 is 0. The molecule has 6 heteroatoms. The molecule has 3 aromatic rings. The number of hydrogen-bond acceptors (Lipinski definition) is 4. The van der Waals surface area contributed by atoms with Gasteiger partial charge in [-0.05, 0) is 51.0 Å². The Morgan fingerprint density at radius 3 is 2.62 bits per heavy atom. The Labute approximate surface area is 169 Å². The first-order chi connectivity index (χ1) is 14.0. The minimum atomic E-state index is -0.366. The highest BCUT2D eigenvalue weighted by atomic mass is 16.5. The molecule has 1 aliphatic carbocycles. The molecule has 1 aliphatic rings. The van der Waals surface area contributed by atoms with Gasteiger partial charge >= 0.3 is 0 Å². The van der Waals surface area contributed by atoms with Crippen LogP contribution in [0.4, 0.5) is 0 Å². The fourth-order valence-electron chi connectivity index (χ4n) is 3.56. The van der Waals surface area contributed by atoms with Crippen molar-refractivity contribution in [1.82, 2.24) is 14.5 Å². The Morgan fingerprint density at radius 2 is 1.90 bits per heavy atom. The molecule has 0 aliphatic heterocycles. The predicted octanol–water partition coefficient (Wildman–Crippen LogP) is 3.71. The lowest BCUT2D eigenvalue weighted by atomic mass is 10.1. The highest BCUT2D eigenvalue weighted by Gasteiger charge is 2.35. The third kappa shape index (κ3) is 3.50. The van der Waals surface area contributed by atoms with Crippen molar-refractivity contribution in [1.29, 1.82) is 0 Å². The van der Waals surface area contributed by atoms with Crippen LogP contribution in [0.1, 0.15) is 38.6 Å². The van der Waals surface area contributed by atoms with Crippen LogP contribution >= 0.6 is 0 Å². The first-order valence-corrected chi connectivity index (χ1v) is 10.0. The first kappa shape index (κ1) is 19.2. The number of benzene rings is 2. The Bertz CT molecular complexity index is 1120. The van der Waals surface area contributed by atoms with Gasteiger partial charge in [-0.15, -0.1) is 0 Å². The number of fused-ring (bicyclic) bond motifs is 1. The van der Waals surface area contributed by atoms with Crippen molar-refractivity contribution >= 4 is 16.8 Å². The van der Waals surface area contributed by atoms with Gasteiger partial charge in [0.1, 0.15) is 11.6 Å². The Kier molecular flexibility index (Phi) is 5.09. The zero-order valence-corrected chi connectivity index (χ0v) is 17.0. The number of hydrogen-bond donors (Lipinski definition) is 0. The van der Waals surface area contributed by atoms with Gasteiger partial charge in [0.25, 0.3) is 5.56 Å². The van der Waals surface area contributed by atoms with Crippen LogP contribution < -0.4 is 10.3 Å². The maximum absolute atomic E-state index is 13.5. The molecular weight excluding hydrogens is 366 g/mol. The van der Waals surface area contributed by atoms with Gasteiger partial charge in [-0.2, -0.15) is 0 Å². The maximum Gasteiger partial charge on any atom is 0.266 e. The third-order valence-electron chi connectivity index (χ3n) is 5.44. The van der Waals surface area contributed by atoms with Crippen LogP contribution in [0, 0.1) is 5.92 Å². The van der Waals surface area contributed by atoms with Crippen LogP contribution in [-0.2, 0) is 4.79 Å². The second-order valence-electron chi connectivity index (χ2n) is 7.43. The molecule has 1 heterocycles. The fraction of sp³-hybridized carbons (Fsp3) is 0.348. The molecule has 2 aromatic carbocycles. The van der Waals surface area contributed by atoms with E-state index in [0.29, 0.717) is 34.8 Å². The van der Waals surface area contributed by atoms with E-state index in [9.17, 15) is 9.59 Å². The van der Waals surface area contributed by atoms with Crippen molar-refractivity contribution in [2.24, 2.45) is 5.92 Å². The summed E-state index contributed by atoms with van der Waals surface area (Å²) in [7, 11) is 1.78. The summed E-state index contributed by atoms with van der Waals surface area (Å²) in [5, 5.41) is 0.533. The molecule has 1 saturated carbocycles. The lowest BCUT2D eigenvalue weighted by Gasteiger charge is -2.27. The SMILES string of the molecule is CCOc1ccccc1-n1c(C(C)N(C)C(=O)C2CC2)nc2ccccc2c1=O. The molecule has 1 amide bonds. The predicted molar refractivity (Wildman–Crippen MR) is 112 cm³/mol. The van der Waals surface area contributed by atoms with Crippen molar-refractivity contribution in [3.8, 4) is 11.4 Å². The zero-order valence-electron chi connectivity index (χ0n) is 17.0. The van der Waals surface area contributed by atoms with Gasteiger partial charge in [-0.25, -0.2) is 4.98 Å². The van der Waals surface area contributed by atoms with Gasteiger partial charge in [-0.1, -0.05) is 24.3 Å². The quantitative estimate of drug-likeness (QED) is 0.643. The lowest BCUT2D eigenvalue weighted by molar-refractivity contribution is -0.133. The second kappa shape index (κ2) is 7.70. The van der Waals surface area contributed by atoms with Crippen LogP contribution in [0.5, 0.6) is 5.75 Å². The molecule has 6 nitrogen and oxygen atoms in total. The zero-order chi connectivity index (χ0) is 20.5. The molecule has 0 bridgehead atoms. The van der Waals surface area contributed by atoms with Crippen molar-refractivity contribution in [2.75, 3.05) is 13.7 Å². The maximum atomic E-state index is 13.5. The summed E-state index contributed by atoms with van der Waals surface area (Å²) < 4.78 is 7.37. The lowest BCUT2D eigenvalue weighted by Crippen LogP contribution is -2.35. The number of rotatable bonds is 6. The van der Waals surface area contributed by atoms with Gasteiger partial charge in [0.2, 0.25) is 5.91 Å². The van der Waals surface area contributed by atoms with E-state index >= 15 is 0 Å². The van der Waals surface area contributed by atoms with Crippen molar-refractivity contribution in [3.63, 3.8) is 0 Å². The largest absolute Gasteiger partial charge is 0.492 e. The number of carbonyl (C=O) groups is 1. The minimum absolute atomic E-state index is 0.0961. The monoisotopic (exact) mass is 391 g/mol. The number of amides is 1. The van der Waals surface area contributed by atoms with Crippen LogP contribution in [-0.4, -0.2) is 34.0 Å². The number of ether oxygens (including phenoxy) is 1. The van der Waals surface area contributed by atoms with Gasteiger partial charge in [0.15, 0.2) is 0 Å². The third-order valence-corrected chi connectivity index (χ3v) is 5.44. The van der Waals surface area contributed by atoms with E-state index < -0.39 is 0 Å². The molecule has 1 unspecified atom stereocenters. The van der Waals surface area contributed by atoms with Gasteiger partial charge in [-0.3, -0.25) is 14.2 Å². The molecule has 1 fully saturated rings. The molecule has 1 aromatic heterocycles. The van der Waals surface area contributed by atoms with Gasteiger partial charge in [0, 0.05) is 13.0 Å². The number of carbonyl (C=O) groups excluding carboxylic acids is 1. The topological polar surface area (TPSA) is 64.4 Å². The van der Waals surface area contributed by atoms with Crippen molar-refractivity contribution in [3.05, 3.63) is 64.7 Å². The van der Waals surface area contributed by atoms with E-state index in [1.165, 1.54) is 0 Å². The van der Waals surface area contributed by atoms with Crippen LogP contribution in [0.2, 0.25) is 0 Å². The average molecular weight is 391 g/mol. The Balaban J connectivity index is 1.94. The highest BCUT2D eigenvalue weighted by Crippen LogP contribution is 2.34. The summed E-state index contributed by atoms with van der Waals surface area (Å²) in [6.45, 7) is 4.30. The highest BCUT2D eigenvalue weighted by molar-refractivity contribution is 5.81.